The molecule has 134 valence electrons. The van der Waals surface area contributed by atoms with Crippen molar-refractivity contribution in [2.75, 3.05) is 20.7 Å². The number of likely N-dealkylation sites (N-methyl/N-ethyl adjacent to an activating group) is 1. The molecule has 0 spiro atoms. The molecule has 2 N–H and O–H groups in total. The Morgan fingerprint density at radius 1 is 0.962 bits per heavy atom. The van der Waals surface area contributed by atoms with Crippen molar-refractivity contribution >= 4 is 16.7 Å². The fourth-order valence-corrected chi connectivity index (χ4v) is 3.04. The number of hydrogen-bond donors (Lipinski definition) is 2. The first-order chi connectivity index (χ1) is 12.6. The number of nitrogens with one attached hydrogen (secondary N) is 2. The van der Waals surface area contributed by atoms with Gasteiger partial charge in [-0.2, -0.15) is 0 Å². The highest BCUT2D eigenvalue weighted by molar-refractivity contribution is 5.83. The molecule has 0 aliphatic carbocycles. The zero-order valence-electron chi connectivity index (χ0n) is 15.3. The second-order valence-electron chi connectivity index (χ2n) is 6.62. The van der Waals surface area contributed by atoms with Crippen molar-refractivity contribution in [3.8, 4) is 5.75 Å². The highest BCUT2D eigenvalue weighted by Crippen LogP contribution is 2.15. The summed E-state index contributed by atoms with van der Waals surface area (Å²) < 4.78 is 5.14. The first-order valence-corrected chi connectivity index (χ1v) is 8.82. The van der Waals surface area contributed by atoms with Crippen molar-refractivity contribution < 1.29 is 14.4 Å². The first kappa shape index (κ1) is 18.0. The van der Waals surface area contributed by atoms with Gasteiger partial charge in [-0.05, 0) is 34.5 Å². The molecule has 0 aliphatic rings. The van der Waals surface area contributed by atoms with Gasteiger partial charge in [0.2, 0.25) is 0 Å². The van der Waals surface area contributed by atoms with Gasteiger partial charge in [-0.1, -0.05) is 48.5 Å². The normalized spacial score (nSPS) is 11.9. The Labute approximate surface area is 154 Å². The van der Waals surface area contributed by atoms with Crippen LogP contribution in [0, 0.1) is 0 Å². The van der Waals surface area contributed by atoms with E-state index in [4.69, 9.17) is 4.74 Å². The van der Waals surface area contributed by atoms with E-state index in [1.807, 2.05) is 37.4 Å². The van der Waals surface area contributed by atoms with Crippen molar-refractivity contribution in [2.45, 2.75) is 13.1 Å². The number of carbonyl (C=O) groups is 1. The molecule has 3 aromatic rings. The first-order valence-electron chi connectivity index (χ1n) is 8.82. The van der Waals surface area contributed by atoms with Crippen molar-refractivity contribution in [3.63, 3.8) is 0 Å². The van der Waals surface area contributed by atoms with E-state index in [0.29, 0.717) is 13.1 Å². The minimum absolute atomic E-state index is 0.0547. The van der Waals surface area contributed by atoms with Gasteiger partial charge in [-0.15, -0.1) is 0 Å². The molecule has 0 heterocycles. The monoisotopic (exact) mass is 349 g/mol. The molecule has 0 saturated heterocycles. The molecule has 26 heavy (non-hydrogen) atoms. The fraction of sp³-hybridized carbons (Fsp3) is 0.227. The lowest BCUT2D eigenvalue weighted by Crippen LogP contribution is -3.08. The molecule has 4 heteroatoms. The van der Waals surface area contributed by atoms with Crippen LogP contribution < -0.4 is 15.0 Å². The van der Waals surface area contributed by atoms with Gasteiger partial charge in [0.25, 0.3) is 5.91 Å². The summed E-state index contributed by atoms with van der Waals surface area (Å²) in [6.45, 7) is 1.80. The van der Waals surface area contributed by atoms with Gasteiger partial charge in [-0.25, -0.2) is 0 Å². The molecule has 0 aromatic heterocycles. The van der Waals surface area contributed by atoms with Gasteiger partial charge < -0.3 is 15.0 Å². The third kappa shape index (κ3) is 4.83. The van der Waals surface area contributed by atoms with Crippen LogP contribution in [0.25, 0.3) is 10.8 Å². The summed E-state index contributed by atoms with van der Waals surface area (Å²) in [5.74, 6) is 0.874. The molecule has 0 bridgehead atoms. The van der Waals surface area contributed by atoms with Crippen LogP contribution in [0.5, 0.6) is 5.75 Å². The van der Waals surface area contributed by atoms with E-state index in [1.54, 1.807) is 7.11 Å². The predicted octanol–water partition coefficient (Wildman–Crippen LogP) is 2.18. The Balaban J connectivity index is 1.49. The van der Waals surface area contributed by atoms with Crippen LogP contribution in [-0.2, 0) is 17.9 Å². The summed E-state index contributed by atoms with van der Waals surface area (Å²) >= 11 is 0. The molecule has 0 aliphatic heterocycles. The number of benzene rings is 3. The Hall–Kier alpha value is -2.85. The molecule has 0 radical (unpaired) electrons. The standard InChI is InChI=1S/C22H24N2O2/c1-24(15-18-7-10-19-5-3-4-6-20(19)13-18)16-22(25)23-14-17-8-11-21(26-2)12-9-17/h3-13H,14-16H2,1-2H3,(H,23,25)/p+1. The van der Waals surface area contributed by atoms with E-state index in [0.717, 1.165) is 22.8 Å². The van der Waals surface area contributed by atoms with Crippen LogP contribution in [0.4, 0.5) is 0 Å². The van der Waals surface area contributed by atoms with Crippen LogP contribution in [0.15, 0.2) is 66.7 Å². The Bertz CT molecular complexity index is 875. The maximum absolute atomic E-state index is 12.2. The molecule has 3 rings (SSSR count). The van der Waals surface area contributed by atoms with Gasteiger partial charge >= 0.3 is 0 Å². The van der Waals surface area contributed by atoms with Crippen LogP contribution in [0.3, 0.4) is 0 Å². The summed E-state index contributed by atoms with van der Waals surface area (Å²) in [6, 6.07) is 22.5. The number of carbonyl (C=O) groups excluding carboxylic acids is 1. The van der Waals surface area contributed by atoms with Gasteiger partial charge in [0.05, 0.1) is 14.2 Å². The highest BCUT2D eigenvalue weighted by atomic mass is 16.5. The number of rotatable bonds is 7. The molecule has 1 atom stereocenters. The van der Waals surface area contributed by atoms with Crippen LogP contribution >= 0.6 is 0 Å². The number of hydrogen-bond acceptors (Lipinski definition) is 2. The second-order valence-corrected chi connectivity index (χ2v) is 6.62. The average molecular weight is 349 g/mol. The number of amides is 1. The number of methoxy groups -OCH3 is 1. The largest absolute Gasteiger partial charge is 0.497 e. The third-order valence-electron chi connectivity index (χ3n) is 4.43. The number of ether oxygens (including phenoxy) is 1. The summed E-state index contributed by atoms with van der Waals surface area (Å²) in [7, 11) is 3.69. The van der Waals surface area contributed by atoms with Crippen molar-refractivity contribution in [2.24, 2.45) is 0 Å². The molecule has 0 saturated carbocycles. The van der Waals surface area contributed by atoms with E-state index in [9.17, 15) is 4.79 Å². The smallest absolute Gasteiger partial charge is 0.275 e. The van der Waals surface area contributed by atoms with E-state index in [1.165, 1.54) is 16.3 Å². The molecule has 4 nitrogen and oxygen atoms in total. The van der Waals surface area contributed by atoms with Crippen molar-refractivity contribution in [1.29, 1.82) is 0 Å². The predicted molar refractivity (Wildman–Crippen MR) is 104 cm³/mol. The van der Waals surface area contributed by atoms with Gasteiger partial charge in [-0.3, -0.25) is 4.79 Å². The van der Waals surface area contributed by atoms with Crippen LogP contribution in [0.2, 0.25) is 0 Å². The lowest BCUT2D eigenvalue weighted by Gasteiger charge is -2.14. The zero-order valence-corrected chi connectivity index (χ0v) is 15.3. The molecule has 1 unspecified atom stereocenters. The van der Waals surface area contributed by atoms with E-state index >= 15 is 0 Å². The minimum atomic E-state index is 0.0547. The summed E-state index contributed by atoms with van der Waals surface area (Å²) in [4.78, 5) is 13.4. The minimum Gasteiger partial charge on any atom is -0.497 e. The van der Waals surface area contributed by atoms with Crippen LogP contribution in [-0.4, -0.2) is 26.6 Å². The van der Waals surface area contributed by atoms with Gasteiger partial charge in [0, 0.05) is 12.1 Å². The maximum Gasteiger partial charge on any atom is 0.275 e. The quantitative estimate of drug-likeness (QED) is 0.687. The van der Waals surface area contributed by atoms with Crippen molar-refractivity contribution in [3.05, 3.63) is 77.9 Å². The average Bonchev–Trinajstić information content (AvgIpc) is 2.66. The van der Waals surface area contributed by atoms with Gasteiger partial charge in [0.1, 0.15) is 12.3 Å². The Kier molecular flexibility index (Phi) is 5.87. The second kappa shape index (κ2) is 8.50. The van der Waals surface area contributed by atoms with Crippen molar-refractivity contribution in [1.82, 2.24) is 5.32 Å². The molecular formula is C22H25N2O2+. The summed E-state index contributed by atoms with van der Waals surface area (Å²) in [6.07, 6.45) is 0. The highest BCUT2D eigenvalue weighted by Gasteiger charge is 2.10. The number of fused-ring (bicyclic) bond motifs is 1. The number of quaternary nitrogens is 1. The maximum atomic E-state index is 12.2. The Morgan fingerprint density at radius 3 is 2.38 bits per heavy atom. The lowest BCUT2D eigenvalue weighted by atomic mass is 10.1. The Morgan fingerprint density at radius 2 is 1.65 bits per heavy atom. The SMILES string of the molecule is COc1ccc(CNC(=O)C[NH+](C)Cc2ccc3ccccc3c2)cc1. The van der Waals surface area contributed by atoms with E-state index in [-0.39, 0.29) is 5.91 Å². The summed E-state index contributed by atoms with van der Waals surface area (Å²) in [5, 5.41) is 5.46. The topological polar surface area (TPSA) is 42.8 Å². The lowest BCUT2D eigenvalue weighted by molar-refractivity contribution is -0.885. The molecular weight excluding hydrogens is 324 g/mol. The molecule has 0 fully saturated rings. The third-order valence-corrected chi connectivity index (χ3v) is 4.43. The zero-order chi connectivity index (χ0) is 18.4. The van der Waals surface area contributed by atoms with Crippen LogP contribution in [0.1, 0.15) is 11.1 Å². The summed E-state index contributed by atoms with van der Waals surface area (Å²) in [5.41, 5.74) is 2.30. The van der Waals surface area contributed by atoms with E-state index in [2.05, 4.69) is 41.7 Å². The fourth-order valence-electron chi connectivity index (χ4n) is 3.04. The van der Waals surface area contributed by atoms with E-state index < -0.39 is 0 Å². The molecule has 3 aromatic carbocycles. The molecule has 1 amide bonds. The van der Waals surface area contributed by atoms with Gasteiger partial charge in [0.15, 0.2) is 6.54 Å².